The number of benzene rings is 1. The molecule has 1 aliphatic heterocycles. The zero-order chi connectivity index (χ0) is 13.9. The Morgan fingerprint density at radius 2 is 2.05 bits per heavy atom. The SMILES string of the molecule is FC(F)Oc1ccccc1N1CCC(CNC2CC2)C1. The molecule has 1 N–H and O–H groups in total. The zero-order valence-corrected chi connectivity index (χ0v) is 11.4. The molecule has 110 valence electrons. The highest BCUT2D eigenvalue weighted by atomic mass is 19.3. The Labute approximate surface area is 117 Å². The monoisotopic (exact) mass is 282 g/mol. The average Bonchev–Trinajstić information content (AvgIpc) is 3.14. The van der Waals surface area contributed by atoms with Crippen LogP contribution in [-0.2, 0) is 0 Å². The van der Waals surface area contributed by atoms with E-state index in [2.05, 4.69) is 15.0 Å². The van der Waals surface area contributed by atoms with Crippen molar-refractivity contribution < 1.29 is 13.5 Å². The summed E-state index contributed by atoms with van der Waals surface area (Å²) < 4.78 is 29.5. The third-order valence-corrected chi connectivity index (χ3v) is 3.98. The number of ether oxygens (including phenoxy) is 1. The summed E-state index contributed by atoms with van der Waals surface area (Å²) in [5.74, 6) is 0.869. The maximum Gasteiger partial charge on any atom is 0.387 e. The van der Waals surface area contributed by atoms with Gasteiger partial charge in [-0.1, -0.05) is 12.1 Å². The number of anilines is 1. The van der Waals surface area contributed by atoms with Crippen molar-refractivity contribution in [3.05, 3.63) is 24.3 Å². The molecule has 1 saturated carbocycles. The molecule has 1 aromatic rings. The van der Waals surface area contributed by atoms with Crippen LogP contribution >= 0.6 is 0 Å². The third-order valence-electron chi connectivity index (χ3n) is 3.98. The summed E-state index contributed by atoms with van der Waals surface area (Å²) in [6.07, 6.45) is 3.69. The van der Waals surface area contributed by atoms with E-state index in [1.165, 1.54) is 12.8 Å². The van der Waals surface area contributed by atoms with E-state index in [1.54, 1.807) is 12.1 Å². The topological polar surface area (TPSA) is 24.5 Å². The number of nitrogens with zero attached hydrogens (tertiary/aromatic N) is 1. The van der Waals surface area contributed by atoms with Crippen LogP contribution in [0.2, 0.25) is 0 Å². The summed E-state index contributed by atoms with van der Waals surface area (Å²) in [6, 6.07) is 7.77. The fraction of sp³-hybridized carbons (Fsp3) is 0.600. The van der Waals surface area contributed by atoms with Crippen LogP contribution in [0, 0.1) is 5.92 Å². The molecule has 5 heteroatoms. The van der Waals surface area contributed by atoms with Crippen LogP contribution in [0.1, 0.15) is 19.3 Å². The Bertz CT molecular complexity index is 451. The largest absolute Gasteiger partial charge is 0.433 e. The van der Waals surface area contributed by atoms with Crippen molar-refractivity contribution in [2.75, 3.05) is 24.5 Å². The van der Waals surface area contributed by atoms with Gasteiger partial charge >= 0.3 is 6.61 Å². The lowest BCUT2D eigenvalue weighted by atomic mass is 10.1. The summed E-state index contributed by atoms with van der Waals surface area (Å²) in [5.41, 5.74) is 0.779. The number of alkyl halides is 2. The molecule has 1 atom stereocenters. The minimum atomic E-state index is -2.77. The highest BCUT2D eigenvalue weighted by molar-refractivity contribution is 5.59. The Morgan fingerprint density at radius 3 is 2.80 bits per heavy atom. The third kappa shape index (κ3) is 3.39. The number of nitrogens with one attached hydrogen (secondary N) is 1. The van der Waals surface area contributed by atoms with Crippen LogP contribution in [0.25, 0.3) is 0 Å². The molecule has 20 heavy (non-hydrogen) atoms. The molecule has 0 radical (unpaired) electrons. The lowest BCUT2D eigenvalue weighted by molar-refractivity contribution is -0.0495. The summed E-state index contributed by atoms with van der Waals surface area (Å²) in [7, 11) is 0. The fourth-order valence-corrected chi connectivity index (χ4v) is 2.75. The second-order valence-corrected chi connectivity index (χ2v) is 5.63. The number of hydrogen-bond donors (Lipinski definition) is 1. The van der Waals surface area contributed by atoms with Crippen molar-refractivity contribution in [3.8, 4) is 5.75 Å². The first-order chi connectivity index (χ1) is 9.72. The predicted molar refractivity (Wildman–Crippen MR) is 74.4 cm³/mol. The van der Waals surface area contributed by atoms with E-state index in [0.29, 0.717) is 5.92 Å². The molecular formula is C15H20F2N2O. The van der Waals surface area contributed by atoms with Crippen LogP contribution < -0.4 is 15.0 Å². The Hall–Kier alpha value is -1.36. The van der Waals surface area contributed by atoms with Crippen LogP contribution in [0.15, 0.2) is 24.3 Å². The lowest BCUT2D eigenvalue weighted by Crippen LogP contribution is -2.27. The first kappa shape index (κ1) is 13.6. The second-order valence-electron chi connectivity index (χ2n) is 5.63. The molecule has 1 heterocycles. The molecule has 3 rings (SSSR count). The highest BCUT2D eigenvalue weighted by Crippen LogP contribution is 2.33. The second kappa shape index (κ2) is 5.95. The van der Waals surface area contributed by atoms with Crippen molar-refractivity contribution >= 4 is 5.69 Å². The van der Waals surface area contributed by atoms with E-state index >= 15 is 0 Å². The van der Waals surface area contributed by atoms with Gasteiger partial charge in [-0.3, -0.25) is 0 Å². The van der Waals surface area contributed by atoms with Gasteiger partial charge in [0.1, 0.15) is 5.75 Å². The van der Waals surface area contributed by atoms with Crippen LogP contribution in [0.4, 0.5) is 14.5 Å². The van der Waals surface area contributed by atoms with Gasteiger partial charge < -0.3 is 15.0 Å². The van der Waals surface area contributed by atoms with Gasteiger partial charge in [0.2, 0.25) is 0 Å². The maximum atomic E-state index is 12.4. The lowest BCUT2D eigenvalue weighted by Gasteiger charge is -2.22. The van der Waals surface area contributed by atoms with E-state index in [4.69, 9.17) is 0 Å². The maximum absolute atomic E-state index is 12.4. The van der Waals surface area contributed by atoms with Crippen molar-refractivity contribution in [1.82, 2.24) is 5.32 Å². The Morgan fingerprint density at radius 1 is 1.25 bits per heavy atom. The van der Waals surface area contributed by atoms with Gasteiger partial charge in [0.25, 0.3) is 0 Å². The first-order valence-electron chi connectivity index (χ1n) is 7.24. The van der Waals surface area contributed by atoms with E-state index in [1.807, 2.05) is 12.1 Å². The van der Waals surface area contributed by atoms with Crippen LogP contribution in [0.5, 0.6) is 5.75 Å². The number of hydrogen-bond acceptors (Lipinski definition) is 3. The number of para-hydroxylation sites is 2. The molecular weight excluding hydrogens is 262 g/mol. The summed E-state index contributed by atoms with van der Waals surface area (Å²) in [6.45, 7) is 0.0642. The molecule has 0 spiro atoms. The molecule has 1 saturated heterocycles. The Balaban J connectivity index is 1.61. The zero-order valence-electron chi connectivity index (χ0n) is 11.4. The molecule has 2 fully saturated rings. The molecule has 0 aromatic heterocycles. The van der Waals surface area contributed by atoms with Gasteiger partial charge in [-0.15, -0.1) is 0 Å². The van der Waals surface area contributed by atoms with Gasteiger partial charge in [0.15, 0.2) is 0 Å². The summed E-state index contributed by atoms with van der Waals surface area (Å²) in [4.78, 5) is 2.15. The molecule has 2 aliphatic rings. The van der Waals surface area contributed by atoms with Gasteiger partial charge in [-0.2, -0.15) is 8.78 Å². The standard InChI is InChI=1S/C15H20F2N2O/c16-15(17)20-14-4-2-1-3-13(14)19-8-7-11(10-19)9-18-12-5-6-12/h1-4,11-12,15,18H,5-10H2. The molecule has 3 nitrogen and oxygen atoms in total. The van der Waals surface area contributed by atoms with Crippen molar-refractivity contribution in [3.63, 3.8) is 0 Å². The van der Waals surface area contributed by atoms with E-state index < -0.39 is 6.61 Å². The van der Waals surface area contributed by atoms with Gasteiger partial charge in [-0.25, -0.2) is 0 Å². The smallest absolute Gasteiger partial charge is 0.387 e. The van der Waals surface area contributed by atoms with Crippen molar-refractivity contribution in [2.45, 2.75) is 31.9 Å². The van der Waals surface area contributed by atoms with Crippen LogP contribution in [0.3, 0.4) is 0 Å². The quantitative estimate of drug-likeness (QED) is 0.868. The summed E-state index contributed by atoms with van der Waals surface area (Å²) >= 11 is 0. The number of halogens is 2. The molecule has 1 unspecified atom stereocenters. The molecule has 1 aromatic carbocycles. The fourth-order valence-electron chi connectivity index (χ4n) is 2.75. The Kier molecular flexibility index (Phi) is 4.05. The van der Waals surface area contributed by atoms with Crippen LogP contribution in [-0.4, -0.2) is 32.3 Å². The predicted octanol–water partition coefficient (Wildman–Crippen LogP) is 2.87. The average molecular weight is 282 g/mol. The van der Waals surface area contributed by atoms with Gasteiger partial charge in [0.05, 0.1) is 5.69 Å². The molecule has 1 aliphatic carbocycles. The van der Waals surface area contributed by atoms with Gasteiger partial charge in [0, 0.05) is 19.1 Å². The molecule has 0 bridgehead atoms. The molecule has 0 amide bonds. The highest BCUT2D eigenvalue weighted by Gasteiger charge is 2.27. The van der Waals surface area contributed by atoms with Crippen molar-refractivity contribution in [1.29, 1.82) is 0 Å². The number of rotatable bonds is 6. The van der Waals surface area contributed by atoms with E-state index in [-0.39, 0.29) is 5.75 Å². The minimum Gasteiger partial charge on any atom is -0.433 e. The van der Waals surface area contributed by atoms with Crippen molar-refractivity contribution in [2.24, 2.45) is 5.92 Å². The van der Waals surface area contributed by atoms with Gasteiger partial charge in [-0.05, 0) is 43.9 Å². The minimum absolute atomic E-state index is 0.276. The normalized spacial score (nSPS) is 22.6. The van der Waals surface area contributed by atoms with E-state index in [9.17, 15) is 8.78 Å². The summed E-state index contributed by atoms with van der Waals surface area (Å²) in [5, 5.41) is 3.54. The first-order valence-corrected chi connectivity index (χ1v) is 7.24. The van der Waals surface area contributed by atoms with E-state index in [0.717, 1.165) is 37.8 Å².